The molecule has 0 saturated heterocycles. The van der Waals surface area contributed by atoms with Crippen LogP contribution in [0.5, 0.6) is 0 Å². The summed E-state index contributed by atoms with van der Waals surface area (Å²) in [5.74, 6) is 0.129. The highest BCUT2D eigenvalue weighted by Gasteiger charge is 2.25. The predicted octanol–water partition coefficient (Wildman–Crippen LogP) is 4.61. The van der Waals surface area contributed by atoms with E-state index in [2.05, 4.69) is 4.98 Å². The maximum absolute atomic E-state index is 12.8. The van der Waals surface area contributed by atoms with Crippen molar-refractivity contribution >= 4 is 34.5 Å². The molecular weight excluding hydrogens is 290 g/mol. The second-order valence-corrected chi connectivity index (χ2v) is 6.40. The van der Waals surface area contributed by atoms with Gasteiger partial charge >= 0.3 is 0 Å². The van der Waals surface area contributed by atoms with Crippen molar-refractivity contribution in [2.45, 2.75) is 10.1 Å². The molecule has 0 amide bonds. The van der Waals surface area contributed by atoms with Gasteiger partial charge in [0.25, 0.3) is 0 Å². The van der Waals surface area contributed by atoms with E-state index in [4.69, 9.17) is 0 Å². The lowest BCUT2D eigenvalue weighted by Crippen LogP contribution is -2.20. The summed E-state index contributed by atoms with van der Waals surface area (Å²) in [6.07, 6.45) is 3.91. The SMILES string of the molecule is O=C1c2cc3ccccc3nc2C=CC1Sc1ccccc1. The molecule has 0 saturated carbocycles. The van der Waals surface area contributed by atoms with Crippen LogP contribution in [0.3, 0.4) is 0 Å². The Balaban J connectivity index is 1.72. The molecule has 1 atom stereocenters. The van der Waals surface area contributed by atoms with Crippen LogP contribution in [-0.4, -0.2) is 16.0 Å². The van der Waals surface area contributed by atoms with Crippen molar-refractivity contribution < 1.29 is 4.79 Å². The second kappa shape index (κ2) is 5.43. The van der Waals surface area contributed by atoms with Gasteiger partial charge in [-0.3, -0.25) is 4.79 Å². The van der Waals surface area contributed by atoms with Gasteiger partial charge in [-0.25, -0.2) is 4.98 Å². The Morgan fingerprint density at radius 3 is 2.59 bits per heavy atom. The smallest absolute Gasteiger partial charge is 0.182 e. The van der Waals surface area contributed by atoms with Gasteiger partial charge in [-0.2, -0.15) is 0 Å². The topological polar surface area (TPSA) is 30.0 Å². The first-order chi connectivity index (χ1) is 10.8. The molecule has 3 aromatic rings. The highest BCUT2D eigenvalue weighted by molar-refractivity contribution is 8.00. The van der Waals surface area contributed by atoms with Crippen LogP contribution in [0, 0.1) is 0 Å². The molecule has 106 valence electrons. The average Bonchev–Trinajstić information content (AvgIpc) is 2.57. The molecule has 0 aliphatic heterocycles. The molecule has 3 heteroatoms. The Morgan fingerprint density at radius 2 is 1.73 bits per heavy atom. The lowest BCUT2D eigenvalue weighted by atomic mass is 9.98. The van der Waals surface area contributed by atoms with Crippen LogP contribution in [0.2, 0.25) is 0 Å². The van der Waals surface area contributed by atoms with Crippen molar-refractivity contribution in [1.82, 2.24) is 4.98 Å². The van der Waals surface area contributed by atoms with Gasteiger partial charge in [0.1, 0.15) is 0 Å². The van der Waals surface area contributed by atoms with Gasteiger partial charge in [0.05, 0.1) is 16.5 Å². The van der Waals surface area contributed by atoms with Crippen molar-refractivity contribution in [2.75, 3.05) is 0 Å². The third kappa shape index (κ3) is 2.34. The summed E-state index contributed by atoms with van der Waals surface area (Å²) >= 11 is 1.58. The number of thioether (sulfide) groups is 1. The zero-order valence-corrected chi connectivity index (χ0v) is 12.6. The van der Waals surface area contributed by atoms with E-state index in [0.29, 0.717) is 0 Å². The minimum absolute atomic E-state index is 0.129. The number of Topliss-reactive ketones (excluding diaryl/α,β-unsaturated/α-hetero) is 1. The second-order valence-electron chi connectivity index (χ2n) is 5.19. The fraction of sp³-hybridized carbons (Fsp3) is 0.0526. The van der Waals surface area contributed by atoms with Crippen molar-refractivity contribution in [3.8, 4) is 0 Å². The quantitative estimate of drug-likeness (QED) is 0.692. The molecule has 0 spiro atoms. The summed E-state index contributed by atoms with van der Waals surface area (Å²) in [6, 6.07) is 19.9. The van der Waals surface area contributed by atoms with Crippen molar-refractivity contribution in [3.63, 3.8) is 0 Å². The number of nitrogens with zero attached hydrogens (tertiary/aromatic N) is 1. The number of hydrogen-bond donors (Lipinski definition) is 0. The Bertz CT molecular complexity index is 886. The average molecular weight is 303 g/mol. The van der Waals surface area contributed by atoms with Crippen LogP contribution in [0.4, 0.5) is 0 Å². The van der Waals surface area contributed by atoms with Crippen LogP contribution in [0.1, 0.15) is 16.1 Å². The summed E-state index contributed by atoms with van der Waals surface area (Å²) in [6.45, 7) is 0. The number of para-hydroxylation sites is 1. The molecule has 0 fully saturated rings. The lowest BCUT2D eigenvalue weighted by Gasteiger charge is -2.18. The van der Waals surface area contributed by atoms with E-state index in [1.807, 2.05) is 72.8 Å². The van der Waals surface area contributed by atoms with Gasteiger partial charge in [0.2, 0.25) is 0 Å². The lowest BCUT2D eigenvalue weighted by molar-refractivity contribution is 0.0999. The molecule has 2 aromatic carbocycles. The fourth-order valence-corrected chi connectivity index (χ4v) is 3.61. The molecule has 22 heavy (non-hydrogen) atoms. The first kappa shape index (κ1) is 13.3. The zero-order chi connectivity index (χ0) is 14.9. The number of aromatic nitrogens is 1. The molecule has 1 heterocycles. The van der Waals surface area contributed by atoms with Crippen LogP contribution in [0.25, 0.3) is 17.0 Å². The highest BCUT2D eigenvalue weighted by atomic mass is 32.2. The minimum atomic E-state index is -0.183. The number of carbonyl (C=O) groups is 1. The zero-order valence-electron chi connectivity index (χ0n) is 11.8. The molecule has 1 aromatic heterocycles. The van der Waals surface area contributed by atoms with E-state index < -0.39 is 0 Å². The first-order valence-corrected chi connectivity index (χ1v) is 8.03. The minimum Gasteiger partial charge on any atom is -0.292 e. The standard InChI is InChI=1S/C19H13NOS/c21-19-15-12-13-6-4-5-9-16(13)20-17(15)10-11-18(19)22-14-7-2-1-3-8-14/h1-12,18H. The predicted molar refractivity (Wildman–Crippen MR) is 91.2 cm³/mol. The number of ketones is 1. The van der Waals surface area contributed by atoms with Crippen LogP contribution in [0.15, 0.2) is 71.6 Å². The van der Waals surface area contributed by atoms with Crippen LogP contribution >= 0.6 is 11.8 Å². The Morgan fingerprint density at radius 1 is 0.955 bits per heavy atom. The third-order valence-electron chi connectivity index (χ3n) is 3.71. The first-order valence-electron chi connectivity index (χ1n) is 7.15. The molecule has 0 bridgehead atoms. The third-order valence-corrected chi connectivity index (χ3v) is 4.88. The Kier molecular flexibility index (Phi) is 3.28. The van der Waals surface area contributed by atoms with E-state index in [1.54, 1.807) is 11.8 Å². The fourth-order valence-electron chi connectivity index (χ4n) is 2.61. The van der Waals surface area contributed by atoms with E-state index in [9.17, 15) is 4.79 Å². The maximum Gasteiger partial charge on any atom is 0.182 e. The van der Waals surface area contributed by atoms with Gasteiger partial charge in [0, 0.05) is 15.8 Å². The number of rotatable bonds is 2. The number of benzene rings is 2. The van der Waals surface area contributed by atoms with E-state index in [-0.39, 0.29) is 11.0 Å². The summed E-state index contributed by atoms with van der Waals surface area (Å²) < 4.78 is 0. The molecule has 1 aliphatic carbocycles. The van der Waals surface area contributed by atoms with Gasteiger partial charge in [0.15, 0.2) is 5.78 Å². The van der Waals surface area contributed by atoms with Gasteiger partial charge < -0.3 is 0 Å². The van der Waals surface area contributed by atoms with Gasteiger partial charge in [-0.15, -0.1) is 11.8 Å². The number of carbonyl (C=O) groups excluding carboxylic acids is 1. The monoisotopic (exact) mass is 303 g/mol. The van der Waals surface area contributed by atoms with Crippen LogP contribution < -0.4 is 0 Å². The summed E-state index contributed by atoms with van der Waals surface area (Å²) in [5, 5.41) is 0.825. The van der Waals surface area contributed by atoms with E-state index in [0.717, 1.165) is 27.1 Å². The number of fused-ring (bicyclic) bond motifs is 2. The largest absolute Gasteiger partial charge is 0.292 e. The molecule has 2 nitrogen and oxygen atoms in total. The Labute approximate surface area is 132 Å². The molecule has 1 unspecified atom stereocenters. The van der Waals surface area contributed by atoms with Crippen molar-refractivity contribution in [1.29, 1.82) is 0 Å². The molecule has 0 N–H and O–H groups in total. The number of hydrogen-bond acceptors (Lipinski definition) is 3. The summed E-state index contributed by atoms with van der Waals surface area (Å²) in [4.78, 5) is 18.4. The van der Waals surface area contributed by atoms with Gasteiger partial charge in [-0.1, -0.05) is 42.5 Å². The molecule has 1 aliphatic rings. The Hall–Kier alpha value is -2.39. The van der Waals surface area contributed by atoms with E-state index >= 15 is 0 Å². The van der Waals surface area contributed by atoms with E-state index in [1.165, 1.54) is 0 Å². The van der Waals surface area contributed by atoms with Crippen LogP contribution in [-0.2, 0) is 0 Å². The normalized spacial score (nSPS) is 16.7. The summed E-state index contributed by atoms with van der Waals surface area (Å²) in [7, 11) is 0. The molecule has 0 radical (unpaired) electrons. The number of pyridine rings is 1. The highest BCUT2D eigenvalue weighted by Crippen LogP contribution is 2.32. The molecule has 4 rings (SSSR count). The van der Waals surface area contributed by atoms with Crippen molar-refractivity contribution in [2.24, 2.45) is 0 Å². The van der Waals surface area contributed by atoms with Crippen molar-refractivity contribution in [3.05, 3.63) is 78.0 Å². The molecular formula is C19H13NOS. The maximum atomic E-state index is 12.8. The summed E-state index contributed by atoms with van der Waals surface area (Å²) in [5.41, 5.74) is 2.41. The van der Waals surface area contributed by atoms with Gasteiger partial charge in [-0.05, 0) is 30.3 Å².